The maximum Gasteiger partial charge on any atom is 0.336 e. The van der Waals surface area contributed by atoms with E-state index >= 15 is 0 Å². The third kappa shape index (κ3) is 4.91. The van der Waals surface area contributed by atoms with Crippen molar-refractivity contribution in [3.05, 3.63) is 71.3 Å². The van der Waals surface area contributed by atoms with Gasteiger partial charge in [0.1, 0.15) is 5.82 Å². The summed E-state index contributed by atoms with van der Waals surface area (Å²) in [6.07, 6.45) is 4.59. The average Bonchev–Trinajstić information content (AvgIpc) is 3.14. The molecule has 1 N–H and O–H groups in total. The second kappa shape index (κ2) is 9.50. The Labute approximate surface area is 172 Å². The maximum absolute atomic E-state index is 11.9. The van der Waals surface area contributed by atoms with E-state index in [4.69, 9.17) is 10.1 Å². The number of aryl methyl sites for hydroxylation is 1. The van der Waals surface area contributed by atoms with E-state index in [0.29, 0.717) is 12.0 Å². The van der Waals surface area contributed by atoms with Crippen LogP contribution in [0.25, 0.3) is 11.1 Å². The number of aromatic carboxylic acids is 1. The SMILES string of the molecule is CCCCc1nc(Cc2ccc(-c3ccccc3)c(C(=O)O)c2)n(C(C)CC)n1. The van der Waals surface area contributed by atoms with Gasteiger partial charge in [-0.05, 0) is 42.5 Å². The van der Waals surface area contributed by atoms with Gasteiger partial charge in [-0.2, -0.15) is 5.10 Å². The highest BCUT2D eigenvalue weighted by atomic mass is 16.4. The highest BCUT2D eigenvalue weighted by molar-refractivity contribution is 5.96. The molecule has 5 heteroatoms. The number of carboxylic acids is 1. The fourth-order valence-electron chi connectivity index (χ4n) is 3.42. The number of nitrogens with zero attached hydrogens (tertiary/aromatic N) is 3. The van der Waals surface area contributed by atoms with Crippen molar-refractivity contribution in [2.24, 2.45) is 0 Å². The van der Waals surface area contributed by atoms with Gasteiger partial charge < -0.3 is 5.11 Å². The van der Waals surface area contributed by atoms with Gasteiger partial charge in [-0.15, -0.1) is 0 Å². The third-order valence-corrected chi connectivity index (χ3v) is 5.27. The molecule has 0 aliphatic carbocycles. The summed E-state index contributed by atoms with van der Waals surface area (Å²) in [4.78, 5) is 16.7. The molecule has 0 radical (unpaired) electrons. The summed E-state index contributed by atoms with van der Waals surface area (Å²) in [5.74, 6) is 0.855. The number of aromatic nitrogens is 3. The standard InChI is InChI=1S/C24H29N3O2/c1-4-6-12-22-25-23(27(26-22)17(3)5-2)16-18-13-14-20(21(15-18)24(28)29)19-10-8-7-9-11-19/h7-11,13-15,17H,4-6,12,16H2,1-3H3,(H,28,29). The molecule has 0 saturated heterocycles. The van der Waals surface area contributed by atoms with Crippen LogP contribution in [0.15, 0.2) is 48.5 Å². The van der Waals surface area contributed by atoms with E-state index in [1.807, 2.05) is 47.1 Å². The molecule has 0 amide bonds. The van der Waals surface area contributed by atoms with Gasteiger partial charge >= 0.3 is 5.97 Å². The minimum absolute atomic E-state index is 0.260. The molecule has 1 heterocycles. The van der Waals surface area contributed by atoms with Crippen LogP contribution in [0.2, 0.25) is 0 Å². The fraction of sp³-hybridized carbons (Fsp3) is 0.375. The number of benzene rings is 2. The van der Waals surface area contributed by atoms with Crippen LogP contribution < -0.4 is 0 Å². The van der Waals surface area contributed by atoms with Crippen molar-refractivity contribution in [1.82, 2.24) is 14.8 Å². The van der Waals surface area contributed by atoms with E-state index in [2.05, 4.69) is 20.8 Å². The minimum atomic E-state index is -0.919. The summed E-state index contributed by atoms with van der Waals surface area (Å²) >= 11 is 0. The summed E-state index contributed by atoms with van der Waals surface area (Å²) in [6.45, 7) is 6.44. The van der Waals surface area contributed by atoms with Crippen molar-refractivity contribution >= 4 is 5.97 Å². The smallest absolute Gasteiger partial charge is 0.336 e. The predicted molar refractivity (Wildman–Crippen MR) is 115 cm³/mol. The summed E-state index contributed by atoms with van der Waals surface area (Å²) in [6, 6.07) is 15.6. The zero-order chi connectivity index (χ0) is 20.8. The molecule has 0 spiro atoms. The monoisotopic (exact) mass is 391 g/mol. The molecule has 0 fully saturated rings. The minimum Gasteiger partial charge on any atom is -0.478 e. The first-order valence-corrected chi connectivity index (χ1v) is 10.4. The summed E-state index contributed by atoms with van der Waals surface area (Å²) in [7, 11) is 0. The van der Waals surface area contributed by atoms with Crippen molar-refractivity contribution < 1.29 is 9.90 Å². The lowest BCUT2D eigenvalue weighted by molar-refractivity contribution is 0.0697. The molecule has 152 valence electrons. The Kier molecular flexibility index (Phi) is 6.81. The van der Waals surface area contributed by atoms with Crippen LogP contribution >= 0.6 is 0 Å². The molecule has 0 aliphatic rings. The van der Waals surface area contributed by atoms with Crippen LogP contribution in [-0.2, 0) is 12.8 Å². The maximum atomic E-state index is 11.9. The quantitative estimate of drug-likeness (QED) is 0.519. The van der Waals surface area contributed by atoms with Gasteiger partial charge in [-0.3, -0.25) is 0 Å². The Morgan fingerprint density at radius 3 is 2.55 bits per heavy atom. The van der Waals surface area contributed by atoms with E-state index in [9.17, 15) is 9.90 Å². The lowest BCUT2D eigenvalue weighted by Crippen LogP contribution is -2.11. The van der Waals surface area contributed by atoms with E-state index < -0.39 is 5.97 Å². The Hall–Kier alpha value is -2.95. The summed E-state index contributed by atoms with van der Waals surface area (Å²) in [5, 5.41) is 14.5. The van der Waals surface area contributed by atoms with Gasteiger partial charge in [0.2, 0.25) is 0 Å². The van der Waals surface area contributed by atoms with E-state index in [0.717, 1.165) is 54.0 Å². The second-order valence-corrected chi connectivity index (χ2v) is 7.48. The largest absolute Gasteiger partial charge is 0.478 e. The fourth-order valence-corrected chi connectivity index (χ4v) is 3.42. The Balaban J connectivity index is 1.95. The Morgan fingerprint density at radius 2 is 1.90 bits per heavy atom. The zero-order valence-corrected chi connectivity index (χ0v) is 17.4. The van der Waals surface area contributed by atoms with Crippen molar-refractivity contribution in [3.8, 4) is 11.1 Å². The van der Waals surface area contributed by atoms with Crippen LogP contribution in [0, 0.1) is 0 Å². The molecule has 3 rings (SSSR count). The zero-order valence-electron chi connectivity index (χ0n) is 17.4. The molecule has 1 unspecified atom stereocenters. The van der Waals surface area contributed by atoms with E-state index in [1.54, 1.807) is 6.07 Å². The summed E-state index contributed by atoms with van der Waals surface area (Å²) in [5.41, 5.74) is 2.88. The predicted octanol–water partition coefficient (Wildman–Crippen LogP) is 5.55. The molecule has 1 atom stereocenters. The first-order chi connectivity index (χ1) is 14.0. The van der Waals surface area contributed by atoms with Gasteiger partial charge in [-0.1, -0.05) is 62.7 Å². The number of unbranched alkanes of at least 4 members (excludes halogenated alkanes) is 1. The normalized spacial score (nSPS) is 12.1. The second-order valence-electron chi connectivity index (χ2n) is 7.48. The van der Waals surface area contributed by atoms with E-state index in [1.165, 1.54) is 0 Å². The van der Waals surface area contributed by atoms with Gasteiger partial charge in [0.05, 0.1) is 11.6 Å². The van der Waals surface area contributed by atoms with Crippen LogP contribution in [-0.4, -0.2) is 25.8 Å². The number of hydrogen-bond donors (Lipinski definition) is 1. The van der Waals surface area contributed by atoms with Crippen LogP contribution in [0.1, 0.15) is 73.6 Å². The average molecular weight is 392 g/mol. The highest BCUT2D eigenvalue weighted by Gasteiger charge is 2.17. The molecular weight excluding hydrogens is 362 g/mol. The van der Waals surface area contributed by atoms with Gasteiger partial charge in [0, 0.05) is 12.8 Å². The van der Waals surface area contributed by atoms with Crippen LogP contribution in [0.3, 0.4) is 0 Å². The molecule has 0 bridgehead atoms. The number of rotatable bonds is 9. The molecule has 0 aliphatic heterocycles. The molecule has 3 aromatic rings. The molecule has 2 aromatic carbocycles. The van der Waals surface area contributed by atoms with Gasteiger partial charge in [-0.25, -0.2) is 14.5 Å². The van der Waals surface area contributed by atoms with Crippen molar-refractivity contribution in [2.45, 2.75) is 58.9 Å². The van der Waals surface area contributed by atoms with Gasteiger partial charge in [0.25, 0.3) is 0 Å². The first kappa shape index (κ1) is 20.8. The number of carbonyl (C=O) groups is 1. The summed E-state index contributed by atoms with van der Waals surface area (Å²) < 4.78 is 2.01. The molecular formula is C24H29N3O2. The number of carboxylic acid groups (broad SMARTS) is 1. The molecule has 0 saturated carbocycles. The number of hydrogen-bond acceptors (Lipinski definition) is 3. The van der Waals surface area contributed by atoms with Crippen molar-refractivity contribution in [2.75, 3.05) is 0 Å². The van der Waals surface area contributed by atoms with Crippen molar-refractivity contribution in [1.29, 1.82) is 0 Å². The highest BCUT2D eigenvalue weighted by Crippen LogP contribution is 2.26. The lowest BCUT2D eigenvalue weighted by Gasteiger charge is -2.13. The van der Waals surface area contributed by atoms with E-state index in [-0.39, 0.29) is 6.04 Å². The van der Waals surface area contributed by atoms with Crippen LogP contribution in [0.4, 0.5) is 0 Å². The third-order valence-electron chi connectivity index (χ3n) is 5.27. The molecule has 5 nitrogen and oxygen atoms in total. The topological polar surface area (TPSA) is 68.0 Å². The van der Waals surface area contributed by atoms with Crippen molar-refractivity contribution in [3.63, 3.8) is 0 Å². The van der Waals surface area contributed by atoms with Gasteiger partial charge in [0.15, 0.2) is 5.82 Å². The lowest BCUT2D eigenvalue weighted by atomic mass is 9.96. The Morgan fingerprint density at radius 1 is 1.14 bits per heavy atom. The Bertz CT molecular complexity index is 964. The molecule has 1 aromatic heterocycles. The van der Waals surface area contributed by atoms with Crippen LogP contribution in [0.5, 0.6) is 0 Å². The first-order valence-electron chi connectivity index (χ1n) is 10.4. The molecule has 29 heavy (non-hydrogen) atoms.